The molecule has 5 heteroatoms. The number of rotatable bonds is 6. The van der Waals surface area contributed by atoms with Crippen LogP contribution in [-0.2, 0) is 13.0 Å². The van der Waals surface area contributed by atoms with E-state index in [0.717, 1.165) is 12.2 Å². The van der Waals surface area contributed by atoms with Gasteiger partial charge in [0, 0.05) is 12.5 Å². The number of benzene rings is 1. The number of ether oxygens (including phenoxy) is 1. The van der Waals surface area contributed by atoms with Gasteiger partial charge in [0.2, 0.25) is 11.7 Å². The minimum absolute atomic E-state index is 0.313. The summed E-state index contributed by atoms with van der Waals surface area (Å²) in [4.78, 5) is 4.27. The molecule has 0 amide bonds. The molecule has 0 aliphatic heterocycles. The average Bonchev–Trinajstić information content (AvgIpc) is 2.85. The van der Waals surface area contributed by atoms with E-state index in [9.17, 15) is 0 Å². The smallest absolute Gasteiger partial charge is 0.228 e. The maximum absolute atomic E-state index is 5.54. The number of nitrogens with zero attached hydrogens (tertiary/aromatic N) is 2. The molecule has 2 rings (SSSR count). The Morgan fingerprint density at radius 3 is 2.83 bits per heavy atom. The molecule has 18 heavy (non-hydrogen) atoms. The van der Waals surface area contributed by atoms with Crippen molar-refractivity contribution in [3.05, 3.63) is 42.0 Å². The van der Waals surface area contributed by atoms with E-state index in [1.54, 1.807) is 0 Å². The normalized spacial score (nSPS) is 12.3. The molecule has 0 radical (unpaired) electrons. The molecule has 1 N–H and O–H groups in total. The van der Waals surface area contributed by atoms with Gasteiger partial charge in [0.05, 0.1) is 0 Å². The third-order valence-electron chi connectivity index (χ3n) is 2.59. The Labute approximate surface area is 106 Å². The number of hydrogen-bond acceptors (Lipinski definition) is 5. The van der Waals surface area contributed by atoms with Crippen LogP contribution in [0.5, 0.6) is 5.75 Å². The van der Waals surface area contributed by atoms with E-state index >= 15 is 0 Å². The molecule has 1 atom stereocenters. The highest BCUT2D eigenvalue weighted by Gasteiger charge is 2.09. The molecule has 1 aromatic heterocycles. The third kappa shape index (κ3) is 3.56. The maximum atomic E-state index is 5.54. The summed E-state index contributed by atoms with van der Waals surface area (Å²) in [5, 5.41) is 7.00. The fraction of sp³-hybridized carbons (Fsp3) is 0.385. The van der Waals surface area contributed by atoms with Gasteiger partial charge in [0.15, 0.2) is 6.61 Å². The summed E-state index contributed by atoms with van der Waals surface area (Å²) >= 11 is 0. The summed E-state index contributed by atoms with van der Waals surface area (Å²) in [6, 6.07) is 9.89. The summed E-state index contributed by atoms with van der Waals surface area (Å²) in [6.45, 7) is 2.38. The van der Waals surface area contributed by atoms with Crippen molar-refractivity contribution in [3.63, 3.8) is 0 Å². The monoisotopic (exact) mass is 247 g/mol. The predicted octanol–water partition coefficient (Wildman–Crippen LogP) is 1.80. The van der Waals surface area contributed by atoms with E-state index < -0.39 is 0 Å². The van der Waals surface area contributed by atoms with Crippen LogP contribution in [0.1, 0.15) is 18.6 Å². The first-order valence-corrected chi connectivity index (χ1v) is 5.94. The van der Waals surface area contributed by atoms with Crippen molar-refractivity contribution in [2.24, 2.45) is 0 Å². The van der Waals surface area contributed by atoms with Crippen molar-refractivity contribution in [3.8, 4) is 5.75 Å². The Morgan fingerprint density at radius 1 is 1.33 bits per heavy atom. The SMILES string of the molecule is CNC(C)Cc1nc(COc2ccccc2)no1. The van der Waals surface area contributed by atoms with Crippen LogP contribution >= 0.6 is 0 Å². The molecule has 1 unspecified atom stereocenters. The highest BCUT2D eigenvalue weighted by atomic mass is 16.5. The molecule has 5 nitrogen and oxygen atoms in total. The largest absolute Gasteiger partial charge is 0.485 e. The van der Waals surface area contributed by atoms with E-state index in [1.807, 2.05) is 37.4 Å². The summed E-state index contributed by atoms with van der Waals surface area (Å²) in [6.07, 6.45) is 0.717. The van der Waals surface area contributed by atoms with Gasteiger partial charge in [-0.15, -0.1) is 0 Å². The molecule has 0 aliphatic carbocycles. The lowest BCUT2D eigenvalue weighted by molar-refractivity contribution is 0.284. The van der Waals surface area contributed by atoms with Crippen molar-refractivity contribution in [2.45, 2.75) is 26.0 Å². The van der Waals surface area contributed by atoms with Crippen molar-refractivity contribution in [2.75, 3.05) is 7.05 Å². The standard InChI is InChI=1S/C13H17N3O2/c1-10(14-2)8-13-15-12(16-18-13)9-17-11-6-4-3-5-7-11/h3-7,10,14H,8-9H2,1-2H3. The number of aromatic nitrogens is 2. The van der Waals surface area contributed by atoms with Crippen LogP contribution in [0.2, 0.25) is 0 Å². The molecular formula is C13H17N3O2. The molecule has 0 spiro atoms. The zero-order valence-corrected chi connectivity index (χ0v) is 10.6. The molecule has 1 heterocycles. The van der Waals surface area contributed by atoms with E-state index in [-0.39, 0.29) is 0 Å². The van der Waals surface area contributed by atoms with Crippen LogP contribution in [0.15, 0.2) is 34.9 Å². The molecular weight excluding hydrogens is 230 g/mol. The molecule has 0 saturated heterocycles. The first-order valence-electron chi connectivity index (χ1n) is 5.94. The van der Waals surface area contributed by atoms with Gasteiger partial charge in [-0.3, -0.25) is 0 Å². The second-order valence-electron chi connectivity index (χ2n) is 4.10. The van der Waals surface area contributed by atoms with Gasteiger partial charge in [-0.05, 0) is 26.1 Å². The van der Waals surface area contributed by atoms with E-state index in [0.29, 0.717) is 24.4 Å². The van der Waals surface area contributed by atoms with Crippen LogP contribution < -0.4 is 10.1 Å². The minimum atomic E-state index is 0.313. The molecule has 0 aliphatic rings. The minimum Gasteiger partial charge on any atom is -0.485 e. The molecule has 0 saturated carbocycles. The van der Waals surface area contributed by atoms with E-state index in [1.165, 1.54) is 0 Å². The van der Waals surface area contributed by atoms with Crippen LogP contribution in [0, 0.1) is 0 Å². The quantitative estimate of drug-likeness (QED) is 0.843. The lowest BCUT2D eigenvalue weighted by atomic mass is 10.2. The summed E-state index contributed by atoms with van der Waals surface area (Å²) in [5.74, 6) is 1.99. The number of para-hydroxylation sites is 1. The molecule has 2 aromatic rings. The van der Waals surface area contributed by atoms with Gasteiger partial charge >= 0.3 is 0 Å². The highest BCUT2D eigenvalue weighted by Crippen LogP contribution is 2.10. The van der Waals surface area contributed by atoms with Crippen LogP contribution in [0.4, 0.5) is 0 Å². The molecule has 0 fully saturated rings. The summed E-state index contributed by atoms with van der Waals surface area (Å²) in [7, 11) is 1.90. The Bertz CT molecular complexity index is 470. The molecule has 1 aromatic carbocycles. The Kier molecular flexibility index (Phi) is 4.30. The van der Waals surface area contributed by atoms with E-state index in [2.05, 4.69) is 22.4 Å². The second kappa shape index (κ2) is 6.16. The zero-order valence-electron chi connectivity index (χ0n) is 10.6. The lowest BCUT2D eigenvalue weighted by Gasteiger charge is -2.04. The number of hydrogen-bond donors (Lipinski definition) is 1. The van der Waals surface area contributed by atoms with Crippen LogP contribution in [-0.4, -0.2) is 23.2 Å². The first-order chi connectivity index (χ1) is 8.78. The second-order valence-corrected chi connectivity index (χ2v) is 4.10. The van der Waals surface area contributed by atoms with Crippen molar-refractivity contribution >= 4 is 0 Å². The highest BCUT2D eigenvalue weighted by molar-refractivity contribution is 5.20. The van der Waals surface area contributed by atoms with E-state index in [4.69, 9.17) is 9.26 Å². The zero-order chi connectivity index (χ0) is 12.8. The summed E-state index contributed by atoms with van der Waals surface area (Å²) < 4.78 is 10.7. The third-order valence-corrected chi connectivity index (χ3v) is 2.59. The Balaban J connectivity index is 1.87. The van der Waals surface area contributed by atoms with Crippen LogP contribution in [0.25, 0.3) is 0 Å². The topological polar surface area (TPSA) is 60.2 Å². The maximum Gasteiger partial charge on any atom is 0.228 e. The van der Waals surface area contributed by atoms with Crippen molar-refractivity contribution in [1.29, 1.82) is 0 Å². The van der Waals surface area contributed by atoms with Crippen molar-refractivity contribution < 1.29 is 9.26 Å². The Morgan fingerprint density at radius 2 is 2.11 bits per heavy atom. The van der Waals surface area contributed by atoms with Gasteiger partial charge in [-0.1, -0.05) is 23.4 Å². The van der Waals surface area contributed by atoms with Gasteiger partial charge < -0.3 is 14.6 Å². The van der Waals surface area contributed by atoms with Gasteiger partial charge in [0.1, 0.15) is 5.75 Å². The first kappa shape index (κ1) is 12.6. The Hall–Kier alpha value is -1.88. The molecule has 96 valence electrons. The summed E-state index contributed by atoms with van der Waals surface area (Å²) in [5.41, 5.74) is 0. The average molecular weight is 247 g/mol. The van der Waals surface area contributed by atoms with Crippen molar-refractivity contribution in [1.82, 2.24) is 15.5 Å². The fourth-order valence-electron chi connectivity index (χ4n) is 1.46. The fourth-order valence-corrected chi connectivity index (χ4v) is 1.46. The van der Waals surface area contributed by atoms with Crippen LogP contribution in [0.3, 0.4) is 0 Å². The van der Waals surface area contributed by atoms with Gasteiger partial charge in [0.25, 0.3) is 0 Å². The van der Waals surface area contributed by atoms with Gasteiger partial charge in [-0.2, -0.15) is 4.98 Å². The number of nitrogens with one attached hydrogen (secondary N) is 1. The number of likely N-dealkylation sites (N-methyl/N-ethyl adjacent to an activating group) is 1. The van der Waals surface area contributed by atoms with Gasteiger partial charge in [-0.25, -0.2) is 0 Å². The molecule has 0 bridgehead atoms. The lowest BCUT2D eigenvalue weighted by Crippen LogP contribution is -2.23. The predicted molar refractivity (Wildman–Crippen MR) is 67.3 cm³/mol.